The molecule has 0 unspecified atom stereocenters. The van der Waals surface area contributed by atoms with Crippen molar-refractivity contribution < 1.29 is 9.53 Å². The van der Waals surface area contributed by atoms with Crippen molar-refractivity contribution in [3.63, 3.8) is 0 Å². The zero-order valence-corrected chi connectivity index (χ0v) is 15.5. The minimum absolute atomic E-state index is 0.309. The van der Waals surface area contributed by atoms with Crippen LogP contribution in [0.3, 0.4) is 0 Å². The van der Waals surface area contributed by atoms with Gasteiger partial charge in [0.05, 0.1) is 18.8 Å². The predicted molar refractivity (Wildman–Crippen MR) is 104 cm³/mol. The van der Waals surface area contributed by atoms with E-state index in [9.17, 15) is 4.79 Å². The van der Waals surface area contributed by atoms with E-state index in [1.807, 2.05) is 42.5 Å². The molecule has 0 radical (unpaired) electrons. The number of carbonyl (C=O) groups excluding carboxylic acids is 1. The van der Waals surface area contributed by atoms with Crippen molar-refractivity contribution >= 4 is 11.7 Å². The van der Waals surface area contributed by atoms with E-state index in [-0.39, 0.29) is 6.03 Å². The van der Waals surface area contributed by atoms with Crippen molar-refractivity contribution in [2.75, 3.05) is 11.9 Å². The van der Waals surface area contributed by atoms with Crippen molar-refractivity contribution in [2.45, 2.75) is 32.4 Å². The lowest BCUT2D eigenvalue weighted by atomic mass is 10.2. The molecular weight excluding hydrogens is 356 g/mol. The number of nitrogens with zero attached hydrogens (tertiary/aromatic N) is 4. The van der Waals surface area contributed by atoms with Crippen molar-refractivity contribution in [3.8, 4) is 5.75 Å². The quantitative estimate of drug-likeness (QED) is 0.659. The fourth-order valence-electron chi connectivity index (χ4n) is 3.17. The number of aryl methyl sites for hydroxylation is 1. The minimum Gasteiger partial charge on any atom is -0.491 e. The predicted octanol–water partition coefficient (Wildman–Crippen LogP) is 2.56. The highest BCUT2D eigenvalue weighted by molar-refractivity contribution is 5.90. The summed E-state index contributed by atoms with van der Waals surface area (Å²) in [5, 5.41) is 14.0. The van der Waals surface area contributed by atoms with Gasteiger partial charge in [0.25, 0.3) is 0 Å². The molecule has 2 amide bonds. The van der Waals surface area contributed by atoms with Gasteiger partial charge in [-0.15, -0.1) is 10.2 Å². The summed E-state index contributed by atoms with van der Waals surface area (Å²) in [6.07, 6.45) is 4.48. The summed E-state index contributed by atoms with van der Waals surface area (Å²) in [6.45, 7) is 1.72. The number of urea groups is 1. The summed E-state index contributed by atoms with van der Waals surface area (Å²) in [6, 6.07) is 12.9. The normalized spacial score (nSPS) is 12.4. The Bertz CT molecular complexity index is 941. The Morgan fingerprint density at radius 3 is 2.93 bits per heavy atom. The largest absolute Gasteiger partial charge is 0.491 e. The molecule has 0 atom stereocenters. The fraction of sp³-hybridized carbons (Fsp3) is 0.300. The molecule has 28 heavy (non-hydrogen) atoms. The smallest absolute Gasteiger partial charge is 0.319 e. The number of fused-ring (bicyclic) bond motifs is 1. The second kappa shape index (κ2) is 8.51. The molecule has 1 aromatic carbocycles. The standard InChI is InChI=1S/C20H22N6O2/c27-20(22-14-19-25-24-18-9-5-12-26(18)19)23-16-7-1-2-8-17(16)28-13-10-15-6-3-4-11-21-15/h1-4,6-8,11H,5,9-10,12-14H2,(H2,22,23,27). The molecule has 0 saturated carbocycles. The molecule has 0 fully saturated rings. The number of aromatic nitrogens is 4. The lowest BCUT2D eigenvalue weighted by molar-refractivity contribution is 0.251. The molecule has 144 valence electrons. The van der Waals surface area contributed by atoms with Crippen LogP contribution in [0.2, 0.25) is 0 Å². The highest BCUT2D eigenvalue weighted by Crippen LogP contribution is 2.23. The molecule has 1 aliphatic heterocycles. The zero-order chi connectivity index (χ0) is 19.2. The van der Waals surface area contributed by atoms with Crippen LogP contribution < -0.4 is 15.4 Å². The maximum absolute atomic E-state index is 12.3. The van der Waals surface area contributed by atoms with Crippen LogP contribution in [0.15, 0.2) is 48.7 Å². The molecule has 2 N–H and O–H groups in total. The van der Waals surface area contributed by atoms with Crippen molar-refractivity contribution in [1.29, 1.82) is 0 Å². The minimum atomic E-state index is -0.309. The molecule has 3 heterocycles. The van der Waals surface area contributed by atoms with Gasteiger partial charge in [-0.3, -0.25) is 4.98 Å². The van der Waals surface area contributed by atoms with Gasteiger partial charge in [0.2, 0.25) is 0 Å². The molecule has 1 aliphatic rings. The topological polar surface area (TPSA) is 94.0 Å². The van der Waals surface area contributed by atoms with Crippen LogP contribution >= 0.6 is 0 Å². The Morgan fingerprint density at radius 2 is 2.04 bits per heavy atom. The number of hydrogen-bond acceptors (Lipinski definition) is 5. The summed E-state index contributed by atoms with van der Waals surface area (Å²) in [5.41, 5.74) is 1.58. The number of para-hydroxylation sites is 2. The summed E-state index contributed by atoms with van der Waals surface area (Å²) in [7, 11) is 0. The van der Waals surface area contributed by atoms with E-state index in [1.165, 1.54) is 0 Å². The third-order valence-electron chi connectivity index (χ3n) is 4.57. The van der Waals surface area contributed by atoms with Crippen molar-refractivity contribution in [2.24, 2.45) is 0 Å². The van der Waals surface area contributed by atoms with Crippen LogP contribution in [-0.2, 0) is 25.9 Å². The highest BCUT2D eigenvalue weighted by atomic mass is 16.5. The third kappa shape index (κ3) is 4.28. The fourth-order valence-corrected chi connectivity index (χ4v) is 3.17. The second-order valence-corrected chi connectivity index (χ2v) is 6.51. The number of benzene rings is 1. The number of nitrogens with one attached hydrogen (secondary N) is 2. The first-order valence-corrected chi connectivity index (χ1v) is 9.37. The maximum Gasteiger partial charge on any atom is 0.319 e. The second-order valence-electron chi connectivity index (χ2n) is 6.51. The van der Waals surface area contributed by atoms with Crippen LogP contribution in [0.4, 0.5) is 10.5 Å². The Labute approximate surface area is 163 Å². The average Bonchev–Trinajstić information content (AvgIpc) is 3.33. The SMILES string of the molecule is O=C(NCc1nnc2n1CCC2)Nc1ccccc1OCCc1ccccn1. The molecular formula is C20H22N6O2. The number of pyridine rings is 1. The average molecular weight is 378 g/mol. The van der Waals surface area contributed by atoms with Crippen LogP contribution in [-0.4, -0.2) is 32.4 Å². The summed E-state index contributed by atoms with van der Waals surface area (Å²) < 4.78 is 7.91. The van der Waals surface area contributed by atoms with E-state index >= 15 is 0 Å². The van der Waals surface area contributed by atoms with Gasteiger partial charge < -0.3 is 19.9 Å². The number of carbonyl (C=O) groups is 1. The first-order valence-electron chi connectivity index (χ1n) is 9.37. The molecule has 0 saturated heterocycles. The van der Waals surface area contributed by atoms with Crippen LogP contribution in [0.25, 0.3) is 0 Å². The van der Waals surface area contributed by atoms with E-state index in [1.54, 1.807) is 6.20 Å². The van der Waals surface area contributed by atoms with Crippen LogP contribution in [0.1, 0.15) is 23.8 Å². The monoisotopic (exact) mass is 378 g/mol. The molecule has 0 aliphatic carbocycles. The van der Waals surface area contributed by atoms with Crippen LogP contribution in [0.5, 0.6) is 5.75 Å². The summed E-state index contributed by atoms with van der Waals surface area (Å²) in [5.74, 6) is 2.39. The first-order chi connectivity index (χ1) is 13.8. The first kappa shape index (κ1) is 18.0. The third-order valence-corrected chi connectivity index (χ3v) is 4.57. The molecule has 4 rings (SSSR count). The summed E-state index contributed by atoms with van der Waals surface area (Å²) in [4.78, 5) is 16.6. The van der Waals surface area contributed by atoms with Crippen molar-refractivity contribution in [3.05, 3.63) is 66.0 Å². The molecule has 8 nitrogen and oxygen atoms in total. The van der Waals surface area contributed by atoms with Gasteiger partial charge in [-0.25, -0.2) is 4.79 Å². The van der Waals surface area contributed by atoms with Gasteiger partial charge >= 0.3 is 6.03 Å². The molecule has 2 aromatic heterocycles. The number of amides is 2. The van der Waals surface area contributed by atoms with E-state index in [4.69, 9.17) is 4.74 Å². The van der Waals surface area contributed by atoms with Gasteiger partial charge in [0.15, 0.2) is 5.82 Å². The Kier molecular flexibility index (Phi) is 5.46. The molecule has 3 aromatic rings. The number of ether oxygens (including phenoxy) is 1. The van der Waals surface area contributed by atoms with E-state index in [2.05, 4.69) is 30.4 Å². The van der Waals surface area contributed by atoms with Gasteiger partial charge in [-0.1, -0.05) is 18.2 Å². The van der Waals surface area contributed by atoms with Crippen molar-refractivity contribution in [1.82, 2.24) is 25.1 Å². The van der Waals surface area contributed by atoms with E-state index in [0.29, 0.717) is 31.0 Å². The maximum atomic E-state index is 12.3. The van der Waals surface area contributed by atoms with Gasteiger partial charge in [0, 0.05) is 31.3 Å². The van der Waals surface area contributed by atoms with Crippen LogP contribution in [0, 0.1) is 0 Å². The molecule has 0 bridgehead atoms. The highest BCUT2D eigenvalue weighted by Gasteiger charge is 2.17. The van der Waals surface area contributed by atoms with Gasteiger partial charge in [-0.2, -0.15) is 0 Å². The lowest BCUT2D eigenvalue weighted by Crippen LogP contribution is -2.29. The number of rotatable bonds is 7. The number of hydrogen-bond donors (Lipinski definition) is 2. The number of anilines is 1. The van der Waals surface area contributed by atoms with E-state index < -0.39 is 0 Å². The Hall–Kier alpha value is -3.42. The van der Waals surface area contributed by atoms with E-state index in [0.717, 1.165) is 36.7 Å². The Balaban J connectivity index is 1.30. The van der Waals surface area contributed by atoms with Gasteiger partial charge in [0.1, 0.15) is 11.6 Å². The summed E-state index contributed by atoms with van der Waals surface area (Å²) >= 11 is 0. The molecule has 8 heteroatoms. The lowest BCUT2D eigenvalue weighted by Gasteiger charge is -2.13. The zero-order valence-electron chi connectivity index (χ0n) is 15.5. The Morgan fingerprint density at radius 1 is 1.14 bits per heavy atom. The molecule has 0 spiro atoms. The van der Waals surface area contributed by atoms with Gasteiger partial charge in [-0.05, 0) is 30.7 Å².